The van der Waals surface area contributed by atoms with Gasteiger partial charge in [0.25, 0.3) is 0 Å². The summed E-state index contributed by atoms with van der Waals surface area (Å²) >= 11 is 0. The Morgan fingerprint density at radius 2 is 2.05 bits per heavy atom. The fourth-order valence-electron chi connectivity index (χ4n) is 1.83. The van der Waals surface area contributed by atoms with Gasteiger partial charge in [-0.15, -0.1) is 0 Å². The second-order valence-corrected chi connectivity index (χ2v) is 4.14. The Labute approximate surface area is 110 Å². The maximum absolute atomic E-state index is 12.7. The zero-order valence-electron chi connectivity index (χ0n) is 10.6. The van der Waals surface area contributed by atoms with Crippen LogP contribution in [0.5, 0.6) is 5.75 Å². The molecule has 0 aliphatic carbocycles. The Kier molecular flexibility index (Phi) is 3.71. The Morgan fingerprint density at radius 3 is 2.68 bits per heavy atom. The van der Waals surface area contributed by atoms with Crippen molar-refractivity contribution in [2.45, 2.75) is 13.5 Å². The molecule has 0 amide bonds. The summed E-state index contributed by atoms with van der Waals surface area (Å²) < 4.78 is 20.0. The first kappa shape index (κ1) is 13.0. The molecular weight excluding hydrogens is 245 g/mol. The minimum atomic E-state index is -0.298. The number of rotatable bonds is 4. The lowest BCUT2D eigenvalue weighted by atomic mass is 10.3. The van der Waals surface area contributed by atoms with E-state index >= 15 is 0 Å². The summed E-state index contributed by atoms with van der Waals surface area (Å²) in [5, 5.41) is 8.99. The van der Waals surface area contributed by atoms with Crippen molar-refractivity contribution < 1.29 is 9.13 Å². The molecule has 0 fully saturated rings. The van der Waals surface area contributed by atoms with Gasteiger partial charge in [0.1, 0.15) is 29.9 Å². The monoisotopic (exact) mass is 259 g/mol. The maximum Gasteiger partial charge on any atom is 0.123 e. The molecule has 1 aromatic carbocycles. The Bertz CT molecular complexity index is 611. The molecule has 5 heteroatoms. The third kappa shape index (κ3) is 2.86. The molecule has 0 unspecified atom stereocenters. The summed E-state index contributed by atoms with van der Waals surface area (Å²) in [5.74, 6) is 0.297. The third-order valence-electron chi connectivity index (χ3n) is 2.92. The number of hydrogen-bond donors (Lipinski definition) is 1. The molecule has 2 rings (SSSR count). The predicted molar refractivity (Wildman–Crippen MR) is 70.2 cm³/mol. The van der Waals surface area contributed by atoms with Crippen LogP contribution >= 0.6 is 0 Å². The Balaban J connectivity index is 2.00. The van der Waals surface area contributed by atoms with Gasteiger partial charge in [0.05, 0.1) is 12.2 Å². The van der Waals surface area contributed by atoms with Gasteiger partial charge in [-0.2, -0.15) is 5.26 Å². The number of nitrogens with two attached hydrogens (primary N) is 1. The van der Waals surface area contributed by atoms with Gasteiger partial charge in [-0.25, -0.2) is 4.39 Å². The molecule has 0 aliphatic rings. The lowest BCUT2D eigenvalue weighted by molar-refractivity contribution is 0.296. The predicted octanol–water partition coefficient (Wildman–Crippen LogP) is 2.47. The summed E-state index contributed by atoms with van der Waals surface area (Å²) in [6, 6.07) is 9.56. The van der Waals surface area contributed by atoms with Gasteiger partial charge < -0.3 is 15.0 Å². The van der Waals surface area contributed by atoms with Crippen molar-refractivity contribution in [3.05, 3.63) is 47.5 Å². The molecule has 1 aromatic heterocycles. The first-order valence-electron chi connectivity index (χ1n) is 5.86. The maximum atomic E-state index is 12.7. The number of ether oxygens (including phenoxy) is 1. The van der Waals surface area contributed by atoms with Crippen molar-refractivity contribution in [3.8, 4) is 11.8 Å². The number of anilines is 1. The van der Waals surface area contributed by atoms with Gasteiger partial charge in [0, 0.05) is 5.69 Å². The molecule has 19 heavy (non-hydrogen) atoms. The van der Waals surface area contributed by atoms with Crippen molar-refractivity contribution in [2.24, 2.45) is 0 Å². The molecule has 0 radical (unpaired) electrons. The average molecular weight is 259 g/mol. The molecule has 4 nitrogen and oxygen atoms in total. The molecule has 0 saturated carbocycles. The van der Waals surface area contributed by atoms with Crippen molar-refractivity contribution in [1.29, 1.82) is 5.26 Å². The van der Waals surface area contributed by atoms with E-state index in [1.165, 1.54) is 12.1 Å². The number of benzene rings is 1. The minimum absolute atomic E-state index is 0.298. The first-order valence-corrected chi connectivity index (χ1v) is 5.86. The van der Waals surface area contributed by atoms with Crippen LogP contribution in [0, 0.1) is 24.1 Å². The van der Waals surface area contributed by atoms with Gasteiger partial charge in [-0.05, 0) is 37.3 Å². The van der Waals surface area contributed by atoms with Gasteiger partial charge in [-0.3, -0.25) is 0 Å². The van der Waals surface area contributed by atoms with Crippen molar-refractivity contribution in [2.75, 3.05) is 12.3 Å². The highest BCUT2D eigenvalue weighted by Crippen LogP contribution is 2.17. The summed E-state index contributed by atoms with van der Waals surface area (Å²) in [6.45, 7) is 2.76. The zero-order valence-corrected chi connectivity index (χ0v) is 10.6. The highest BCUT2D eigenvalue weighted by Gasteiger charge is 2.08. The molecule has 0 bridgehead atoms. The van der Waals surface area contributed by atoms with E-state index in [1.807, 2.05) is 6.92 Å². The molecule has 98 valence electrons. The van der Waals surface area contributed by atoms with Crippen LogP contribution in [0.15, 0.2) is 30.3 Å². The molecule has 2 aromatic rings. The molecule has 0 atom stereocenters. The second-order valence-electron chi connectivity index (χ2n) is 4.14. The molecule has 0 aliphatic heterocycles. The quantitative estimate of drug-likeness (QED) is 0.917. The van der Waals surface area contributed by atoms with Crippen molar-refractivity contribution in [3.63, 3.8) is 0 Å². The number of nitrogen functional groups attached to an aromatic ring is 1. The van der Waals surface area contributed by atoms with Gasteiger partial charge in [0.15, 0.2) is 0 Å². The average Bonchev–Trinajstić information content (AvgIpc) is 2.68. The molecule has 0 spiro atoms. The molecule has 0 saturated heterocycles. The van der Waals surface area contributed by atoms with Crippen LogP contribution in [-0.2, 0) is 6.54 Å². The fraction of sp³-hybridized carbons (Fsp3) is 0.214. The minimum Gasteiger partial charge on any atom is -0.492 e. The van der Waals surface area contributed by atoms with E-state index in [-0.39, 0.29) is 5.82 Å². The zero-order chi connectivity index (χ0) is 13.8. The summed E-state index contributed by atoms with van der Waals surface area (Å²) in [7, 11) is 0. The normalized spacial score (nSPS) is 10.2. The standard InChI is InChI=1S/C14H14FN3O/c1-10-14(17)8-12(9-16)18(10)6-7-19-13-4-2-11(15)3-5-13/h2-5,8H,6-7,17H2,1H3. The highest BCUT2D eigenvalue weighted by atomic mass is 19.1. The van der Waals surface area contributed by atoms with Crippen LogP contribution in [0.3, 0.4) is 0 Å². The van der Waals surface area contributed by atoms with Gasteiger partial charge >= 0.3 is 0 Å². The lowest BCUT2D eigenvalue weighted by Crippen LogP contribution is -2.11. The van der Waals surface area contributed by atoms with Crippen LogP contribution in [-0.4, -0.2) is 11.2 Å². The highest BCUT2D eigenvalue weighted by molar-refractivity contribution is 5.49. The number of aromatic nitrogens is 1. The first-order chi connectivity index (χ1) is 9.11. The van der Waals surface area contributed by atoms with E-state index in [2.05, 4.69) is 6.07 Å². The van der Waals surface area contributed by atoms with Crippen molar-refractivity contribution in [1.82, 2.24) is 4.57 Å². The number of hydrogen-bond acceptors (Lipinski definition) is 3. The molecule has 2 N–H and O–H groups in total. The van der Waals surface area contributed by atoms with Gasteiger partial charge in [0.2, 0.25) is 0 Å². The van der Waals surface area contributed by atoms with Crippen LogP contribution in [0.2, 0.25) is 0 Å². The number of nitriles is 1. The smallest absolute Gasteiger partial charge is 0.123 e. The van der Waals surface area contributed by atoms with Crippen LogP contribution in [0.1, 0.15) is 11.4 Å². The van der Waals surface area contributed by atoms with E-state index < -0.39 is 0 Å². The Morgan fingerprint density at radius 1 is 1.37 bits per heavy atom. The SMILES string of the molecule is Cc1c(N)cc(C#N)n1CCOc1ccc(F)cc1. The number of nitrogens with zero attached hydrogens (tertiary/aromatic N) is 2. The summed E-state index contributed by atoms with van der Waals surface area (Å²) in [4.78, 5) is 0. The van der Waals surface area contributed by atoms with Crippen molar-refractivity contribution >= 4 is 5.69 Å². The van der Waals surface area contributed by atoms with E-state index in [4.69, 9.17) is 15.7 Å². The van der Waals surface area contributed by atoms with Crippen LogP contribution < -0.4 is 10.5 Å². The fourth-order valence-corrected chi connectivity index (χ4v) is 1.83. The third-order valence-corrected chi connectivity index (χ3v) is 2.92. The molecule has 1 heterocycles. The Hall–Kier alpha value is -2.48. The summed E-state index contributed by atoms with van der Waals surface area (Å²) in [6.07, 6.45) is 0. The van der Waals surface area contributed by atoms with E-state index in [1.54, 1.807) is 22.8 Å². The van der Waals surface area contributed by atoms with Crippen LogP contribution in [0.25, 0.3) is 0 Å². The van der Waals surface area contributed by atoms with Crippen LogP contribution in [0.4, 0.5) is 10.1 Å². The topological polar surface area (TPSA) is 64.0 Å². The van der Waals surface area contributed by atoms with E-state index in [0.29, 0.717) is 30.3 Å². The summed E-state index contributed by atoms with van der Waals surface area (Å²) in [5.41, 5.74) is 7.72. The van der Waals surface area contributed by atoms with Gasteiger partial charge in [-0.1, -0.05) is 0 Å². The van der Waals surface area contributed by atoms with E-state index in [0.717, 1.165) is 5.69 Å². The molecular formula is C14H14FN3O. The lowest BCUT2D eigenvalue weighted by Gasteiger charge is -2.10. The second kappa shape index (κ2) is 5.44. The van der Waals surface area contributed by atoms with E-state index in [9.17, 15) is 4.39 Å². The number of halogens is 1. The largest absolute Gasteiger partial charge is 0.492 e.